The molecule has 168 valence electrons. The maximum Gasteiger partial charge on any atom is 0.252 e. The van der Waals surface area contributed by atoms with Crippen molar-refractivity contribution < 1.29 is 9.90 Å². The van der Waals surface area contributed by atoms with Crippen LogP contribution in [0.1, 0.15) is 89.1 Å². The molecule has 4 nitrogen and oxygen atoms in total. The predicted molar refractivity (Wildman–Crippen MR) is 126 cm³/mol. The summed E-state index contributed by atoms with van der Waals surface area (Å²) < 4.78 is 0. The number of halogens is 1. The Labute approximate surface area is 183 Å². The van der Waals surface area contributed by atoms with Gasteiger partial charge in [-0.2, -0.15) is 0 Å². The quantitative estimate of drug-likeness (QED) is 0.450. The lowest BCUT2D eigenvalue weighted by Crippen LogP contribution is -2.30. The highest BCUT2D eigenvalue weighted by atomic mass is 35.5. The molecular weight excluding hydrogens is 384 g/mol. The molecule has 0 bridgehead atoms. The number of benzene rings is 1. The summed E-state index contributed by atoms with van der Waals surface area (Å²) in [4.78, 5) is 12.6. The molecule has 29 heavy (non-hydrogen) atoms. The summed E-state index contributed by atoms with van der Waals surface area (Å²) in [6.45, 7) is 3.70. The molecule has 0 aromatic heterocycles. The average Bonchev–Trinajstić information content (AvgIpc) is 2.65. The molecule has 5 heteroatoms. The van der Waals surface area contributed by atoms with Gasteiger partial charge >= 0.3 is 0 Å². The summed E-state index contributed by atoms with van der Waals surface area (Å²) in [6.07, 6.45) is 10.8. The lowest BCUT2D eigenvalue weighted by atomic mass is 9.91. The highest BCUT2D eigenvalue weighted by molar-refractivity contribution is 6.33. The molecule has 1 aliphatic rings. The second-order valence-corrected chi connectivity index (χ2v) is 8.28. The van der Waals surface area contributed by atoms with E-state index in [1.54, 1.807) is 0 Å². The van der Waals surface area contributed by atoms with E-state index in [-0.39, 0.29) is 33.4 Å². The first-order chi connectivity index (χ1) is 13.1. The number of hydrogen-bond acceptors (Lipinski definition) is 3. The van der Waals surface area contributed by atoms with Gasteiger partial charge in [0.25, 0.3) is 5.91 Å². The summed E-state index contributed by atoms with van der Waals surface area (Å²) in [5.74, 6) is 0.534. The van der Waals surface area contributed by atoms with Crippen LogP contribution in [0.25, 0.3) is 0 Å². The molecule has 1 aromatic rings. The van der Waals surface area contributed by atoms with Crippen LogP contribution in [-0.2, 0) is 6.42 Å². The van der Waals surface area contributed by atoms with Crippen LogP contribution in [0.15, 0.2) is 18.2 Å². The van der Waals surface area contributed by atoms with Gasteiger partial charge in [-0.25, -0.2) is 0 Å². The Morgan fingerprint density at radius 3 is 2.48 bits per heavy atom. The second kappa shape index (κ2) is 15.7. The van der Waals surface area contributed by atoms with Gasteiger partial charge in [-0.05, 0) is 62.8 Å². The molecule has 1 saturated carbocycles. The molecule has 1 aromatic carbocycles. The number of amides is 1. The summed E-state index contributed by atoms with van der Waals surface area (Å²) in [6, 6.07) is 5.85. The zero-order valence-electron chi connectivity index (χ0n) is 16.6. The fourth-order valence-corrected chi connectivity index (χ4v) is 3.89. The van der Waals surface area contributed by atoms with Gasteiger partial charge in [0.1, 0.15) is 0 Å². The first-order valence-electron chi connectivity index (χ1n) is 10.5. The van der Waals surface area contributed by atoms with Crippen LogP contribution in [-0.4, -0.2) is 36.8 Å². The van der Waals surface area contributed by atoms with Crippen molar-refractivity contribution >= 4 is 17.5 Å². The Kier molecular flexibility index (Phi) is 15.1. The summed E-state index contributed by atoms with van der Waals surface area (Å²) >= 11 is 6.28. The molecule has 1 atom stereocenters. The van der Waals surface area contributed by atoms with E-state index in [1.807, 2.05) is 25.1 Å². The Hall–Kier alpha value is -1.10. The van der Waals surface area contributed by atoms with Gasteiger partial charge in [-0.3, -0.25) is 4.79 Å². The Bertz CT molecular complexity index is 572. The van der Waals surface area contributed by atoms with Crippen molar-refractivity contribution in [1.29, 1.82) is 0 Å². The van der Waals surface area contributed by atoms with Crippen molar-refractivity contribution in [1.82, 2.24) is 10.6 Å². The zero-order valence-corrected chi connectivity index (χ0v) is 17.4. The molecule has 0 aliphatic heterocycles. The van der Waals surface area contributed by atoms with Crippen molar-refractivity contribution in [2.24, 2.45) is 5.92 Å². The fourth-order valence-electron chi connectivity index (χ4n) is 3.68. The van der Waals surface area contributed by atoms with Crippen LogP contribution in [0.3, 0.4) is 0 Å². The standard InChI is InChI=1S/C22H35ClN2O2.2CH4/c1-17(16-26)24-13-7-10-18-11-12-21(23)20(14-18)22(27)25-15-19-8-5-3-2-4-6-9-19;;/h11-12,14,17,19,24,26H,2-10,13,15-16H2,1H3,(H,25,27);2*1H4. The van der Waals surface area contributed by atoms with Crippen molar-refractivity contribution in [3.05, 3.63) is 34.3 Å². The zero-order chi connectivity index (χ0) is 19.5. The molecule has 3 N–H and O–H groups in total. The minimum Gasteiger partial charge on any atom is -0.395 e. The fraction of sp³-hybridized carbons (Fsp3) is 0.708. The van der Waals surface area contributed by atoms with E-state index >= 15 is 0 Å². The number of aliphatic hydroxyl groups excluding tert-OH is 1. The van der Waals surface area contributed by atoms with Gasteiger partial charge in [0.2, 0.25) is 0 Å². The lowest BCUT2D eigenvalue weighted by molar-refractivity contribution is 0.0944. The van der Waals surface area contributed by atoms with Gasteiger partial charge in [-0.1, -0.05) is 64.6 Å². The van der Waals surface area contributed by atoms with Gasteiger partial charge in [0.15, 0.2) is 0 Å². The maximum absolute atomic E-state index is 12.6. The van der Waals surface area contributed by atoms with Crippen molar-refractivity contribution in [2.45, 2.75) is 85.6 Å². The molecule has 1 aliphatic carbocycles. The summed E-state index contributed by atoms with van der Waals surface area (Å²) in [5, 5.41) is 15.9. The third-order valence-corrected chi connectivity index (χ3v) is 5.79. The number of rotatable bonds is 9. The molecule has 1 fully saturated rings. The highest BCUT2D eigenvalue weighted by Gasteiger charge is 2.15. The van der Waals surface area contributed by atoms with E-state index in [0.717, 1.165) is 31.5 Å². The van der Waals surface area contributed by atoms with Crippen molar-refractivity contribution in [3.8, 4) is 0 Å². The molecule has 0 heterocycles. The van der Waals surface area contributed by atoms with Crippen molar-refractivity contribution in [3.63, 3.8) is 0 Å². The molecule has 0 saturated heterocycles. The van der Waals surface area contributed by atoms with Gasteiger partial charge in [0, 0.05) is 12.6 Å². The van der Waals surface area contributed by atoms with Gasteiger partial charge in [-0.15, -0.1) is 0 Å². The minimum atomic E-state index is -0.0593. The topological polar surface area (TPSA) is 61.4 Å². The third kappa shape index (κ3) is 10.5. The van der Waals surface area contributed by atoms with E-state index in [2.05, 4.69) is 10.6 Å². The normalized spacial score (nSPS) is 16.0. The molecule has 2 rings (SSSR count). The maximum atomic E-state index is 12.6. The molecule has 1 amide bonds. The number of hydrogen-bond donors (Lipinski definition) is 3. The van der Waals surface area contributed by atoms with Crippen LogP contribution < -0.4 is 10.6 Å². The van der Waals surface area contributed by atoms with E-state index in [0.29, 0.717) is 16.5 Å². The Morgan fingerprint density at radius 2 is 1.83 bits per heavy atom. The van der Waals surface area contributed by atoms with E-state index < -0.39 is 0 Å². The average molecular weight is 427 g/mol. The van der Waals surface area contributed by atoms with Gasteiger partial charge < -0.3 is 15.7 Å². The number of nitrogens with one attached hydrogen (secondary N) is 2. The monoisotopic (exact) mass is 426 g/mol. The van der Waals surface area contributed by atoms with Gasteiger partial charge in [0.05, 0.1) is 17.2 Å². The van der Waals surface area contributed by atoms with E-state index in [1.165, 1.54) is 44.9 Å². The van der Waals surface area contributed by atoms with E-state index in [9.17, 15) is 4.79 Å². The third-order valence-electron chi connectivity index (χ3n) is 5.46. The largest absolute Gasteiger partial charge is 0.395 e. The number of aliphatic hydroxyl groups is 1. The molecule has 0 radical (unpaired) electrons. The molecule has 1 unspecified atom stereocenters. The molecule has 0 spiro atoms. The summed E-state index contributed by atoms with van der Waals surface area (Å²) in [5.41, 5.74) is 1.70. The molecular formula is C24H43ClN2O2. The van der Waals surface area contributed by atoms with Crippen LogP contribution >= 0.6 is 11.6 Å². The number of carbonyl (C=O) groups is 1. The minimum absolute atomic E-state index is 0. The smallest absolute Gasteiger partial charge is 0.252 e. The SMILES string of the molecule is C.C.CC(CO)NCCCc1ccc(Cl)c(C(=O)NCC2CCCCCCC2)c1. The lowest BCUT2D eigenvalue weighted by Gasteiger charge is -2.20. The first-order valence-corrected chi connectivity index (χ1v) is 10.9. The number of carbonyl (C=O) groups excluding carboxylic acids is 1. The summed E-state index contributed by atoms with van der Waals surface area (Å²) in [7, 11) is 0. The first kappa shape index (κ1) is 27.9. The van der Waals surface area contributed by atoms with Crippen LogP contribution in [0.2, 0.25) is 5.02 Å². The second-order valence-electron chi connectivity index (χ2n) is 7.88. The number of aryl methyl sites for hydroxylation is 1. The van der Waals surface area contributed by atoms with Crippen LogP contribution in [0, 0.1) is 5.92 Å². The highest BCUT2D eigenvalue weighted by Crippen LogP contribution is 2.22. The Balaban J connectivity index is 0.00000392. The Morgan fingerprint density at radius 1 is 1.17 bits per heavy atom. The van der Waals surface area contributed by atoms with E-state index in [4.69, 9.17) is 16.7 Å². The predicted octanol–water partition coefficient (Wildman–Crippen LogP) is 5.61. The van der Waals surface area contributed by atoms with Crippen molar-refractivity contribution in [2.75, 3.05) is 19.7 Å². The van der Waals surface area contributed by atoms with Crippen LogP contribution in [0.5, 0.6) is 0 Å². The van der Waals surface area contributed by atoms with Crippen LogP contribution in [0.4, 0.5) is 0 Å².